The number of hydrogen-bond donors (Lipinski definition) is 0. The van der Waals surface area contributed by atoms with E-state index in [4.69, 9.17) is 19.4 Å². The molecule has 0 aliphatic carbocycles. The number of benzene rings is 5. The molecule has 0 aliphatic rings. The third kappa shape index (κ3) is 4.61. The number of hydrogen-bond acceptors (Lipinski definition) is 5. The highest BCUT2D eigenvalue weighted by Gasteiger charge is 2.19. The number of fused-ring (bicyclic) bond motifs is 3. The van der Waals surface area contributed by atoms with Crippen LogP contribution in [0.25, 0.3) is 78.4 Å². The van der Waals surface area contributed by atoms with Crippen LogP contribution in [-0.2, 0) is 0 Å². The molecule has 44 heavy (non-hydrogen) atoms. The Morgan fingerprint density at radius 2 is 1.07 bits per heavy atom. The summed E-state index contributed by atoms with van der Waals surface area (Å²) in [5.74, 6) is 1.78. The van der Waals surface area contributed by atoms with E-state index in [1.54, 1.807) is 0 Å². The van der Waals surface area contributed by atoms with Crippen molar-refractivity contribution < 1.29 is 4.42 Å². The second-order valence-electron chi connectivity index (χ2n) is 10.8. The quantitative estimate of drug-likeness (QED) is 0.207. The fourth-order valence-electron chi connectivity index (χ4n) is 5.72. The second-order valence-corrected chi connectivity index (χ2v) is 10.8. The fourth-order valence-corrected chi connectivity index (χ4v) is 5.72. The Hall–Kier alpha value is -5.94. The lowest BCUT2D eigenvalue weighted by molar-refractivity contribution is 0.669. The lowest BCUT2D eigenvalue weighted by Gasteiger charge is -2.11. The maximum atomic E-state index is 6.50. The Kier molecular flexibility index (Phi) is 6.27. The van der Waals surface area contributed by atoms with Gasteiger partial charge in [-0.2, -0.15) is 0 Å². The molecule has 0 radical (unpaired) electrons. The Morgan fingerprint density at radius 1 is 0.455 bits per heavy atom. The Balaban J connectivity index is 1.36. The number of pyridine rings is 1. The van der Waals surface area contributed by atoms with Gasteiger partial charge in [-0.3, -0.25) is 4.98 Å². The topological polar surface area (TPSA) is 64.7 Å². The summed E-state index contributed by atoms with van der Waals surface area (Å²) in [6.07, 6.45) is 1.83. The molecular weight excluding hydrogens is 540 g/mol. The van der Waals surface area contributed by atoms with Crippen LogP contribution in [-0.4, -0.2) is 19.9 Å². The third-order valence-corrected chi connectivity index (χ3v) is 7.95. The van der Waals surface area contributed by atoms with Gasteiger partial charge in [0, 0.05) is 39.4 Å². The molecule has 5 heteroatoms. The van der Waals surface area contributed by atoms with Gasteiger partial charge in [0.05, 0.1) is 5.56 Å². The van der Waals surface area contributed by atoms with Crippen LogP contribution >= 0.6 is 0 Å². The van der Waals surface area contributed by atoms with Gasteiger partial charge in [0.25, 0.3) is 0 Å². The number of rotatable bonds is 5. The van der Waals surface area contributed by atoms with Crippen molar-refractivity contribution in [1.82, 2.24) is 19.9 Å². The molecule has 3 aromatic heterocycles. The Bertz CT molecular complexity index is 2220. The monoisotopic (exact) mass is 566 g/mol. The van der Waals surface area contributed by atoms with Gasteiger partial charge in [0.2, 0.25) is 0 Å². The van der Waals surface area contributed by atoms with Crippen LogP contribution < -0.4 is 0 Å². The van der Waals surface area contributed by atoms with Gasteiger partial charge in [-0.05, 0) is 47.9 Å². The van der Waals surface area contributed by atoms with Crippen LogP contribution in [0, 0.1) is 6.92 Å². The van der Waals surface area contributed by atoms with E-state index in [2.05, 4.69) is 53.5 Å². The molecule has 0 amide bonds. The van der Waals surface area contributed by atoms with Crippen LogP contribution in [0.3, 0.4) is 0 Å². The first-order valence-corrected chi connectivity index (χ1v) is 14.6. The summed E-state index contributed by atoms with van der Waals surface area (Å²) in [5, 5.41) is 2.07. The van der Waals surface area contributed by atoms with Crippen LogP contribution in [0.2, 0.25) is 0 Å². The zero-order chi connectivity index (χ0) is 29.5. The first kappa shape index (κ1) is 25.7. The molecular formula is C39H26N4O. The molecule has 5 aromatic carbocycles. The van der Waals surface area contributed by atoms with E-state index in [1.165, 1.54) is 0 Å². The van der Waals surface area contributed by atoms with Crippen molar-refractivity contribution in [2.45, 2.75) is 6.92 Å². The van der Waals surface area contributed by atoms with Crippen molar-refractivity contribution in [2.24, 2.45) is 0 Å². The SMILES string of the molecule is Cc1ncccc1-c1ccc(-c2cc(-c3nc(-c4ccccc4)nc(-c4ccccc4)n3)c3oc4ccccc4c3c2)cc1. The van der Waals surface area contributed by atoms with E-state index >= 15 is 0 Å². The van der Waals surface area contributed by atoms with Crippen LogP contribution in [0.5, 0.6) is 0 Å². The molecule has 208 valence electrons. The van der Waals surface area contributed by atoms with Gasteiger partial charge < -0.3 is 4.42 Å². The highest BCUT2D eigenvalue weighted by Crippen LogP contribution is 2.39. The summed E-state index contributed by atoms with van der Waals surface area (Å²) < 4.78 is 6.50. The van der Waals surface area contributed by atoms with E-state index in [1.807, 2.05) is 98.0 Å². The normalized spacial score (nSPS) is 11.3. The zero-order valence-corrected chi connectivity index (χ0v) is 24.0. The molecule has 0 unspecified atom stereocenters. The van der Waals surface area contributed by atoms with Crippen molar-refractivity contribution in [3.05, 3.63) is 145 Å². The minimum atomic E-state index is 0.561. The van der Waals surface area contributed by atoms with Crippen molar-refractivity contribution >= 4 is 21.9 Å². The summed E-state index contributed by atoms with van der Waals surface area (Å²) in [7, 11) is 0. The molecule has 0 bridgehead atoms. The van der Waals surface area contributed by atoms with Gasteiger partial charge in [-0.1, -0.05) is 109 Å². The summed E-state index contributed by atoms with van der Waals surface area (Å²) in [6.45, 7) is 2.04. The third-order valence-electron chi connectivity index (χ3n) is 7.95. The summed E-state index contributed by atoms with van der Waals surface area (Å²) >= 11 is 0. The summed E-state index contributed by atoms with van der Waals surface area (Å²) in [5.41, 5.74) is 9.64. The molecule has 0 saturated carbocycles. The summed E-state index contributed by atoms with van der Waals surface area (Å²) in [4.78, 5) is 19.4. The van der Waals surface area contributed by atoms with E-state index in [0.29, 0.717) is 17.5 Å². The molecule has 0 atom stereocenters. The smallest absolute Gasteiger partial charge is 0.167 e. The van der Waals surface area contributed by atoms with E-state index in [0.717, 1.165) is 66.6 Å². The van der Waals surface area contributed by atoms with Gasteiger partial charge >= 0.3 is 0 Å². The minimum absolute atomic E-state index is 0.561. The van der Waals surface area contributed by atoms with Crippen LogP contribution in [0.1, 0.15) is 5.69 Å². The standard InChI is InChI=1S/C39H26N4O/c1-25-31(16-10-22-40-25)27-20-18-26(19-21-27)30-23-33-32-15-8-9-17-35(32)44-36(33)34(24-30)39-42-37(28-11-4-2-5-12-28)41-38(43-39)29-13-6-3-7-14-29/h2-24H,1H3. The van der Waals surface area contributed by atoms with Crippen LogP contribution in [0.15, 0.2) is 144 Å². The molecule has 0 saturated heterocycles. The van der Waals surface area contributed by atoms with Crippen LogP contribution in [0.4, 0.5) is 0 Å². The van der Waals surface area contributed by atoms with Gasteiger partial charge in [-0.15, -0.1) is 0 Å². The van der Waals surface area contributed by atoms with E-state index in [-0.39, 0.29) is 0 Å². The Labute approximate surface area is 254 Å². The molecule has 5 nitrogen and oxygen atoms in total. The minimum Gasteiger partial charge on any atom is -0.455 e. The highest BCUT2D eigenvalue weighted by molar-refractivity contribution is 6.11. The highest BCUT2D eigenvalue weighted by atomic mass is 16.3. The lowest BCUT2D eigenvalue weighted by atomic mass is 9.96. The predicted octanol–water partition coefficient (Wildman–Crippen LogP) is 9.81. The van der Waals surface area contributed by atoms with Crippen molar-refractivity contribution in [1.29, 1.82) is 0 Å². The average Bonchev–Trinajstić information content (AvgIpc) is 3.47. The maximum Gasteiger partial charge on any atom is 0.167 e. The molecule has 0 spiro atoms. The zero-order valence-electron chi connectivity index (χ0n) is 24.0. The number of nitrogens with zero attached hydrogens (tertiary/aromatic N) is 4. The number of furan rings is 1. The van der Waals surface area contributed by atoms with Gasteiger partial charge in [0.15, 0.2) is 17.5 Å². The molecule has 3 heterocycles. The predicted molar refractivity (Wildman–Crippen MR) is 177 cm³/mol. The maximum absolute atomic E-state index is 6.50. The molecule has 0 fully saturated rings. The molecule has 0 N–H and O–H groups in total. The van der Waals surface area contributed by atoms with Crippen molar-refractivity contribution in [3.63, 3.8) is 0 Å². The van der Waals surface area contributed by atoms with E-state index < -0.39 is 0 Å². The average molecular weight is 567 g/mol. The van der Waals surface area contributed by atoms with E-state index in [9.17, 15) is 0 Å². The lowest BCUT2D eigenvalue weighted by Crippen LogP contribution is -2.00. The number of para-hydroxylation sites is 1. The molecule has 8 rings (SSSR count). The first-order valence-electron chi connectivity index (χ1n) is 14.6. The largest absolute Gasteiger partial charge is 0.455 e. The Morgan fingerprint density at radius 3 is 1.75 bits per heavy atom. The number of aromatic nitrogens is 4. The van der Waals surface area contributed by atoms with Crippen molar-refractivity contribution in [2.75, 3.05) is 0 Å². The molecule has 0 aliphatic heterocycles. The number of aryl methyl sites for hydroxylation is 1. The van der Waals surface area contributed by atoms with Gasteiger partial charge in [0.1, 0.15) is 11.2 Å². The summed E-state index contributed by atoms with van der Waals surface area (Å²) in [6, 6.07) is 45.2. The molecule has 8 aromatic rings. The van der Waals surface area contributed by atoms with Gasteiger partial charge in [-0.25, -0.2) is 15.0 Å². The fraction of sp³-hybridized carbons (Fsp3) is 0.0256. The second kappa shape index (κ2) is 10.7. The van der Waals surface area contributed by atoms with Crippen molar-refractivity contribution in [3.8, 4) is 56.4 Å². The first-order chi connectivity index (χ1) is 21.7.